The van der Waals surface area contributed by atoms with Crippen LogP contribution in [0.25, 0.3) is 6.08 Å². The quantitative estimate of drug-likeness (QED) is 0.211. The van der Waals surface area contributed by atoms with Crippen molar-refractivity contribution in [2.24, 2.45) is 0 Å². The summed E-state index contributed by atoms with van der Waals surface area (Å²) in [6, 6.07) is 27.8. The van der Waals surface area contributed by atoms with Crippen molar-refractivity contribution in [1.29, 1.82) is 0 Å². The molecular weight excluding hydrogens is 542 g/mol. The van der Waals surface area contributed by atoms with Crippen LogP contribution in [-0.4, -0.2) is 30.4 Å². The van der Waals surface area contributed by atoms with Gasteiger partial charge in [0.1, 0.15) is 11.3 Å². The fraction of sp³-hybridized carbons (Fsp3) is 0.0625. The maximum atomic E-state index is 13.7. The lowest BCUT2D eigenvalue weighted by atomic mass is 10.0. The topological polar surface area (TPSA) is 96.0 Å². The highest BCUT2D eigenvalue weighted by Crippen LogP contribution is 2.32. The Hall–Kier alpha value is -5.21. The van der Waals surface area contributed by atoms with Gasteiger partial charge in [0, 0.05) is 16.3 Å². The molecule has 1 saturated heterocycles. The zero-order valence-corrected chi connectivity index (χ0v) is 22.7. The third-order valence-electron chi connectivity index (χ3n) is 6.21. The lowest BCUT2D eigenvalue weighted by Crippen LogP contribution is -2.57. The van der Waals surface area contributed by atoms with Crippen molar-refractivity contribution in [2.45, 2.75) is 6.92 Å². The summed E-state index contributed by atoms with van der Waals surface area (Å²) in [5.74, 6) is -1.79. The van der Waals surface area contributed by atoms with Crippen LogP contribution in [-0.2, 0) is 14.4 Å². The molecule has 1 N–H and O–H groups in total. The Morgan fingerprint density at radius 3 is 2.00 bits per heavy atom. The molecule has 4 aromatic rings. The number of nitrogens with zero attached hydrogens (tertiary/aromatic N) is 2. The smallest absolute Gasteiger partial charge is 0.343 e. The molecule has 1 aliphatic rings. The minimum atomic E-state index is -0.804. The Bertz CT molecular complexity index is 1610. The second-order valence-electron chi connectivity index (χ2n) is 9.18. The summed E-state index contributed by atoms with van der Waals surface area (Å²) in [6.07, 6.45) is 1.32. The number of halogens is 1. The summed E-state index contributed by atoms with van der Waals surface area (Å²) in [5.41, 5.74) is 2.22. The number of carbonyl (C=O) groups is 4. The predicted octanol–water partition coefficient (Wildman–Crippen LogP) is 6.25. The third-order valence-corrected chi connectivity index (χ3v) is 6.45. The number of urea groups is 1. The summed E-state index contributed by atoms with van der Waals surface area (Å²) in [4.78, 5) is 55.3. The van der Waals surface area contributed by atoms with Gasteiger partial charge < -0.3 is 10.1 Å². The first-order chi connectivity index (χ1) is 19.8. The van der Waals surface area contributed by atoms with E-state index in [4.69, 9.17) is 16.3 Å². The first-order valence-corrected chi connectivity index (χ1v) is 13.0. The Morgan fingerprint density at radius 1 is 0.805 bits per heavy atom. The number of benzene rings is 4. The van der Waals surface area contributed by atoms with E-state index >= 15 is 0 Å². The number of ether oxygens (including phenoxy) is 1. The van der Waals surface area contributed by atoms with E-state index in [0.717, 1.165) is 15.4 Å². The maximum Gasteiger partial charge on any atom is 0.343 e. The van der Waals surface area contributed by atoms with E-state index < -0.39 is 23.8 Å². The predicted molar refractivity (Wildman–Crippen MR) is 158 cm³/mol. The number of amides is 5. The number of anilines is 3. The van der Waals surface area contributed by atoms with Gasteiger partial charge in [-0.15, -0.1) is 0 Å². The average molecular weight is 566 g/mol. The molecule has 1 fully saturated rings. The number of nitrogens with one attached hydrogen (secondary N) is 1. The molecule has 1 aliphatic heterocycles. The molecule has 0 bridgehead atoms. The first-order valence-electron chi connectivity index (χ1n) is 12.7. The Morgan fingerprint density at radius 2 is 1.41 bits per heavy atom. The molecule has 204 valence electrons. The van der Waals surface area contributed by atoms with Crippen LogP contribution in [0.5, 0.6) is 5.75 Å². The van der Waals surface area contributed by atoms with E-state index in [9.17, 15) is 19.2 Å². The van der Waals surface area contributed by atoms with Crippen molar-refractivity contribution >= 4 is 58.5 Å². The van der Waals surface area contributed by atoms with Gasteiger partial charge in [0.2, 0.25) is 0 Å². The average Bonchev–Trinajstić information content (AvgIpc) is 2.96. The van der Waals surface area contributed by atoms with E-state index in [0.29, 0.717) is 22.1 Å². The van der Waals surface area contributed by atoms with Gasteiger partial charge in [-0.05, 0) is 73.2 Å². The zero-order valence-electron chi connectivity index (χ0n) is 21.9. The van der Waals surface area contributed by atoms with Crippen molar-refractivity contribution in [2.75, 3.05) is 21.7 Å². The highest BCUT2D eigenvalue weighted by atomic mass is 35.5. The molecule has 0 saturated carbocycles. The van der Waals surface area contributed by atoms with Gasteiger partial charge in [-0.1, -0.05) is 60.1 Å². The number of imide groups is 2. The van der Waals surface area contributed by atoms with Crippen LogP contribution < -0.4 is 19.9 Å². The number of barbiturate groups is 1. The molecule has 1 heterocycles. The van der Waals surface area contributed by atoms with E-state index in [2.05, 4.69) is 5.32 Å². The van der Waals surface area contributed by atoms with Crippen LogP contribution in [0.3, 0.4) is 0 Å². The van der Waals surface area contributed by atoms with Crippen molar-refractivity contribution in [3.05, 3.63) is 125 Å². The molecule has 4 aromatic carbocycles. The number of aryl methyl sites for hydroxylation is 1. The van der Waals surface area contributed by atoms with Crippen LogP contribution in [0.4, 0.5) is 21.9 Å². The summed E-state index contributed by atoms with van der Waals surface area (Å²) in [7, 11) is 0. The highest BCUT2D eigenvalue weighted by Gasteiger charge is 2.43. The molecule has 5 rings (SSSR count). The summed E-state index contributed by atoms with van der Waals surface area (Å²) in [6.45, 7) is 1.58. The van der Waals surface area contributed by atoms with Crippen LogP contribution in [0.1, 0.15) is 11.1 Å². The lowest BCUT2D eigenvalue weighted by molar-refractivity contribution is -0.121. The fourth-order valence-corrected chi connectivity index (χ4v) is 4.50. The molecule has 0 spiro atoms. The van der Waals surface area contributed by atoms with Crippen LogP contribution >= 0.6 is 11.6 Å². The van der Waals surface area contributed by atoms with E-state index in [-0.39, 0.29) is 23.5 Å². The van der Waals surface area contributed by atoms with Crippen LogP contribution in [0, 0.1) is 6.92 Å². The zero-order chi connectivity index (χ0) is 28.9. The molecule has 0 aliphatic carbocycles. The molecular formula is C32H24ClN3O5. The SMILES string of the molecule is Cc1cccc(NC(=O)COc2ccc(Cl)cc2C=C2C(=O)N(c3ccccc3)C(=O)N(c3ccccc3)C2=O)c1. The van der Waals surface area contributed by atoms with Crippen molar-refractivity contribution < 1.29 is 23.9 Å². The van der Waals surface area contributed by atoms with Crippen molar-refractivity contribution in [3.8, 4) is 5.75 Å². The minimum absolute atomic E-state index is 0.219. The van der Waals surface area contributed by atoms with Gasteiger partial charge in [0.05, 0.1) is 11.4 Å². The Labute approximate surface area is 241 Å². The molecule has 5 amide bonds. The van der Waals surface area contributed by atoms with Gasteiger partial charge >= 0.3 is 6.03 Å². The van der Waals surface area contributed by atoms with Gasteiger partial charge in [-0.2, -0.15) is 0 Å². The van der Waals surface area contributed by atoms with Gasteiger partial charge in [0.25, 0.3) is 17.7 Å². The molecule has 41 heavy (non-hydrogen) atoms. The number of carbonyl (C=O) groups excluding carboxylic acids is 4. The van der Waals surface area contributed by atoms with Crippen molar-refractivity contribution in [3.63, 3.8) is 0 Å². The molecule has 8 nitrogen and oxygen atoms in total. The van der Waals surface area contributed by atoms with E-state index in [1.807, 2.05) is 25.1 Å². The van der Waals surface area contributed by atoms with Crippen LogP contribution in [0.15, 0.2) is 109 Å². The molecule has 0 radical (unpaired) electrons. The summed E-state index contributed by atoms with van der Waals surface area (Å²) in [5, 5.41) is 3.09. The Kier molecular flexibility index (Phi) is 7.94. The lowest BCUT2D eigenvalue weighted by Gasteiger charge is -2.34. The van der Waals surface area contributed by atoms with Crippen LogP contribution in [0.2, 0.25) is 5.02 Å². The fourth-order valence-electron chi connectivity index (χ4n) is 4.32. The number of para-hydroxylation sites is 2. The normalized spacial score (nSPS) is 13.3. The standard InChI is InChI=1S/C32H24ClN3O5/c1-21-9-8-10-24(17-21)34-29(37)20-41-28-16-15-23(33)18-22(28)19-27-30(38)35(25-11-4-2-5-12-25)32(40)36(31(27)39)26-13-6-3-7-14-26/h2-19H,20H2,1H3,(H,34,37). The summed E-state index contributed by atoms with van der Waals surface area (Å²) < 4.78 is 5.78. The van der Waals surface area contributed by atoms with Crippen molar-refractivity contribution in [1.82, 2.24) is 0 Å². The minimum Gasteiger partial charge on any atom is -0.483 e. The third kappa shape index (κ3) is 6.03. The Balaban J connectivity index is 1.49. The van der Waals surface area contributed by atoms with Gasteiger partial charge in [-0.3, -0.25) is 14.4 Å². The largest absolute Gasteiger partial charge is 0.483 e. The molecule has 0 unspecified atom stereocenters. The number of hydrogen-bond acceptors (Lipinski definition) is 5. The second kappa shape index (κ2) is 11.9. The monoisotopic (exact) mass is 565 g/mol. The maximum absolute atomic E-state index is 13.7. The molecule has 0 aromatic heterocycles. The molecule has 9 heteroatoms. The first kappa shape index (κ1) is 27.4. The van der Waals surface area contributed by atoms with Gasteiger partial charge in [0.15, 0.2) is 6.61 Å². The summed E-state index contributed by atoms with van der Waals surface area (Å²) >= 11 is 6.26. The number of rotatable bonds is 7. The highest BCUT2D eigenvalue weighted by molar-refractivity contribution is 6.46. The van der Waals surface area contributed by atoms with E-state index in [1.54, 1.807) is 78.9 Å². The number of hydrogen-bond donors (Lipinski definition) is 1. The van der Waals surface area contributed by atoms with Gasteiger partial charge in [-0.25, -0.2) is 14.6 Å². The van der Waals surface area contributed by atoms with E-state index in [1.165, 1.54) is 12.1 Å². The second-order valence-corrected chi connectivity index (χ2v) is 9.62. The molecule has 0 atom stereocenters.